The molecule has 1 radical (unpaired) electrons. The van der Waals surface area contributed by atoms with Crippen LogP contribution in [0.5, 0.6) is 0 Å². The zero-order valence-corrected chi connectivity index (χ0v) is 8.03. The lowest BCUT2D eigenvalue weighted by atomic mass is 10.1. The van der Waals surface area contributed by atoms with Crippen LogP contribution >= 0.6 is 0 Å². The zero-order chi connectivity index (χ0) is 9.68. The summed E-state index contributed by atoms with van der Waals surface area (Å²) in [7, 11) is 3.51. The summed E-state index contributed by atoms with van der Waals surface area (Å²) >= 11 is 0. The van der Waals surface area contributed by atoms with Crippen LogP contribution in [0.4, 0.5) is 0 Å². The van der Waals surface area contributed by atoms with Crippen LogP contribution in [0.3, 0.4) is 0 Å². The normalized spacial score (nSPS) is 9.69. The van der Waals surface area contributed by atoms with E-state index in [0.29, 0.717) is 6.42 Å². The van der Waals surface area contributed by atoms with E-state index in [4.69, 9.17) is 0 Å². The molecular formula is C11H14NO. The maximum Gasteiger partial charge on any atom is 0.226 e. The molecule has 0 N–H and O–H groups in total. The van der Waals surface area contributed by atoms with Crippen molar-refractivity contribution in [3.8, 4) is 0 Å². The average Bonchev–Trinajstić information content (AvgIpc) is 2.15. The predicted octanol–water partition coefficient (Wildman–Crippen LogP) is 1.52. The van der Waals surface area contributed by atoms with Crippen LogP contribution in [0.1, 0.15) is 5.56 Å². The lowest BCUT2D eigenvalue weighted by Gasteiger charge is -2.08. The van der Waals surface area contributed by atoms with Gasteiger partial charge in [0, 0.05) is 14.1 Å². The summed E-state index contributed by atoms with van der Waals surface area (Å²) in [6, 6.07) is 9.95. The van der Waals surface area contributed by atoms with E-state index in [1.54, 1.807) is 25.4 Å². The summed E-state index contributed by atoms with van der Waals surface area (Å²) < 4.78 is 0. The minimum absolute atomic E-state index is 0.0591. The second kappa shape index (κ2) is 4.65. The number of rotatable bonds is 3. The molecule has 0 aromatic heterocycles. The molecule has 13 heavy (non-hydrogen) atoms. The van der Waals surface area contributed by atoms with Crippen molar-refractivity contribution >= 4 is 5.91 Å². The molecule has 69 valence electrons. The molecule has 0 aliphatic heterocycles. The molecular weight excluding hydrogens is 162 g/mol. The molecule has 0 saturated heterocycles. The van der Waals surface area contributed by atoms with Crippen LogP contribution in [-0.4, -0.2) is 24.9 Å². The number of carbonyl (C=O) groups is 1. The van der Waals surface area contributed by atoms with E-state index in [-0.39, 0.29) is 5.91 Å². The van der Waals surface area contributed by atoms with Crippen molar-refractivity contribution in [3.05, 3.63) is 42.3 Å². The molecule has 0 aliphatic carbocycles. The van der Waals surface area contributed by atoms with Crippen molar-refractivity contribution in [2.45, 2.75) is 6.42 Å². The van der Waals surface area contributed by atoms with E-state index in [9.17, 15) is 4.79 Å². The van der Waals surface area contributed by atoms with Crippen molar-refractivity contribution in [1.29, 1.82) is 0 Å². The second-order valence-electron chi connectivity index (χ2n) is 3.13. The summed E-state index contributed by atoms with van der Waals surface area (Å²) in [5.41, 5.74) is 1.16. The largest absolute Gasteiger partial charge is 0.349 e. The Morgan fingerprint density at radius 2 is 1.92 bits per heavy atom. The third kappa shape index (κ3) is 3.28. The molecule has 0 aliphatic rings. The molecule has 1 aromatic carbocycles. The van der Waals surface area contributed by atoms with Crippen LogP contribution in [0.2, 0.25) is 0 Å². The highest BCUT2D eigenvalue weighted by Gasteiger charge is 2.03. The summed E-state index contributed by atoms with van der Waals surface area (Å²) in [5, 5.41) is 0. The van der Waals surface area contributed by atoms with Gasteiger partial charge in [-0.3, -0.25) is 4.79 Å². The smallest absolute Gasteiger partial charge is 0.226 e. The molecule has 1 rings (SSSR count). The van der Waals surface area contributed by atoms with Crippen LogP contribution in [0, 0.1) is 6.42 Å². The van der Waals surface area contributed by atoms with Gasteiger partial charge in [-0.15, -0.1) is 0 Å². The minimum Gasteiger partial charge on any atom is -0.349 e. The molecule has 0 unspecified atom stereocenters. The van der Waals surface area contributed by atoms with Gasteiger partial charge >= 0.3 is 0 Å². The molecule has 0 atom stereocenters. The van der Waals surface area contributed by atoms with Crippen LogP contribution in [-0.2, 0) is 11.2 Å². The topological polar surface area (TPSA) is 20.3 Å². The first-order valence-corrected chi connectivity index (χ1v) is 4.28. The second-order valence-corrected chi connectivity index (χ2v) is 3.13. The van der Waals surface area contributed by atoms with Crippen molar-refractivity contribution in [2.75, 3.05) is 14.1 Å². The Labute approximate surface area is 79.2 Å². The van der Waals surface area contributed by atoms with Gasteiger partial charge in [0.05, 0.1) is 6.42 Å². The predicted molar refractivity (Wildman–Crippen MR) is 53.1 cm³/mol. The highest BCUT2D eigenvalue weighted by Crippen LogP contribution is 2.02. The molecule has 1 amide bonds. The highest BCUT2D eigenvalue weighted by atomic mass is 16.2. The Balaban J connectivity index is 2.40. The van der Waals surface area contributed by atoms with Crippen LogP contribution < -0.4 is 0 Å². The number of hydrogen-bond donors (Lipinski definition) is 0. The molecule has 0 saturated carbocycles. The number of carbonyl (C=O) groups excluding carboxylic acids is 1. The summed E-state index contributed by atoms with van der Waals surface area (Å²) in [5.74, 6) is 0.0591. The molecule has 2 nitrogen and oxygen atoms in total. The van der Waals surface area contributed by atoms with E-state index < -0.39 is 0 Å². The van der Waals surface area contributed by atoms with E-state index in [1.165, 1.54) is 0 Å². The summed E-state index contributed by atoms with van der Waals surface area (Å²) in [6.07, 6.45) is 2.40. The fourth-order valence-corrected chi connectivity index (χ4v) is 1.00. The first kappa shape index (κ1) is 9.78. The van der Waals surface area contributed by atoms with Gasteiger partial charge < -0.3 is 4.90 Å². The Kier molecular flexibility index (Phi) is 3.50. The lowest BCUT2D eigenvalue weighted by molar-refractivity contribution is -0.125. The van der Waals surface area contributed by atoms with Crippen LogP contribution in [0.15, 0.2) is 30.3 Å². The number of nitrogens with zero attached hydrogens (tertiary/aromatic N) is 1. The summed E-state index contributed by atoms with van der Waals surface area (Å²) in [4.78, 5) is 12.8. The Morgan fingerprint density at radius 1 is 1.31 bits per heavy atom. The molecule has 0 bridgehead atoms. The minimum atomic E-state index is 0.0591. The van der Waals surface area contributed by atoms with Gasteiger partial charge in [0.15, 0.2) is 0 Å². The number of amides is 1. The zero-order valence-electron chi connectivity index (χ0n) is 8.03. The Bertz CT molecular complexity index is 267. The number of benzene rings is 1. The maximum absolute atomic E-state index is 11.2. The van der Waals surface area contributed by atoms with Gasteiger partial charge in [-0.05, 0) is 12.0 Å². The molecule has 0 spiro atoms. The van der Waals surface area contributed by atoms with Crippen molar-refractivity contribution in [3.63, 3.8) is 0 Å². The molecule has 2 heteroatoms. The van der Waals surface area contributed by atoms with Gasteiger partial charge in [0.1, 0.15) is 0 Å². The average molecular weight is 176 g/mol. The number of hydrogen-bond acceptors (Lipinski definition) is 1. The van der Waals surface area contributed by atoms with Gasteiger partial charge in [-0.2, -0.15) is 0 Å². The molecule has 0 heterocycles. The fourth-order valence-electron chi connectivity index (χ4n) is 1.00. The van der Waals surface area contributed by atoms with E-state index in [1.807, 2.05) is 30.3 Å². The van der Waals surface area contributed by atoms with Gasteiger partial charge in [0.25, 0.3) is 0 Å². The van der Waals surface area contributed by atoms with Crippen molar-refractivity contribution in [1.82, 2.24) is 4.90 Å². The maximum atomic E-state index is 11.2. The van der Waals surface area contributed by atoms with E-state index >= 15 is 0 Å². The molecule has 1 aromatic rings. The van der Waals surface area contributed by atoms with E-state index in [0.717, 1.165) is 5.56 Å². The monoisotopic (exact) mass is 176 g/mol. The quantitative estimate of drug-likeness (QED) is 0.683. The van der Waals surface area contributed by atoms with Crippen LogP contribution in [0.25, 0.3) is 0 Å². The molecule has 0 fully saturated rings. The third-order valence-electron chi connectivity index (χ3n) is 1.80. The highest BCUT2D eigenvalue weighted by molar-refractivity contribution is 5.84. The lowest BCUT2D eigenvalue weighted by Crippen LogP contribution is -2.22. The van der Waals surface area contributed by atoms with Crippen molar-refractivity contribution in [2.24, 2.45) is 0 Å². The Morgan fingerprint density at radius 3 is 2.46 bits per heavy atom. The van der Waals surface area contributed by atoms with E-state index in [2.05, 4.69) is 0 Å². The first-order valence-electron chi connectivity index (χ1n) is 4.28. The first-order chi connectivity index (χ1) is 6.20. The SMILES string of the molecule is CN(C)C(=O)[CH]Cc1ccccc1. The summed E-state index contributed by atoms with van der Waals surface area (Å²) in [6.45, 7) is 0. The fraction of sp³-hybridized carbons (Fsp3) is 0.273. The van der Waals surface area contributed by atoms with Gasteiger partial charge in [0.2, 0.25) is 5.91 Å². The Hall–Kier alpha value is -1.31. The van der Waals surface area contributed by atoms with Gasteiger partial charge in [-0.25, -0.2) is 0 Å². The van der Waals surface area contributed by atoms with Crippen molar-refractivity contribution < 1.29 is 4.79 Å². The van der Waals surface area contributed by atoms with Gasteiger partial charge in [-0.1, -0.05) is 30.3 Å². The third-order valence-corrected chi connectivity index (χ3v) is 1.80. The standard InChI is InChI=1S/C11H14NO/c1-12(2)11(13)9-8-10-6-4-3-5-7-10/h3-7,9H,8H2,1-2H3.